The average molecular weight is 163 g/mol. The molecule has 3 nitrogen and oxygen atoms in total. The molecule has 0 bridgehead atoms. The first-order chi connectivity index (χ1) is 5.81. The first-order valence-corrected chi connectivity index (χ1v) is 4.30. The van der Waals surface area contributed by atoms with Gasteiger partial charge >= 0.3 is 0 Å². The van der Waals surface area contributed by atoms with Crippen LogP contribution in [0.25, 0.3) is 0 Å². The monoisotopic (exact) mass is 163 g/mol. The van der Waals surface area contributed by atoms with Crippen LogP contribution < -0.4 is 5.73 Å². The summed E-state index contributed by atoms with van der Waals surface area (Å²) in [4.78, 5) is 8.53. The lowest BCUT2D eigenvalue weighted by Crippen LogP contribution is -2.02. The lowest BCUT2D eigenvalue weighted by Gasteiger charge is -1.97. The molecule has 1 fully saturated rings. The van der Waals surface area contributed by atoms with Gasteiger partial charge in [0, 0.05) is 18.3 Å². The summed E-state index contributed by atoms with van der Waals surface area (Å²) < 4.78 is 0. The number of aryl methyl sites for hydroxylation is 1. The van der Waals surface area contributed by atoms with E-state index in [1.54, 1.807) is 0 Å². The third kappa shape index (κ3) is 1.32. The van der Waals surface area contributed by atoms with Gasteiger partial charge in [-0.05, 0) is 25.8 Å². The van der Waals surface area contributed by atoms with Gasteiger partial charge in [0.1, 0.15) is 0 Å². The van der Waals surface area contributed by atoms with E-state index in [2.05, 4.69) is 9.97 Å². The molecule has 1 aromatic rings. The fourth-order valence-electron chi connectivity index (χ4n) is 1.46. The van der Waals surface area contributed by atoms with Crippen LogP contribution in [-0.2, 0) is 0 Å². The number of rotatable bonds is 2. The standard InChI is InChI=1S/C9H13N3/c1-6-4-12-9(5-11-6)8-2-7(8)3-10/h4-5,7-8H,2-3,10H2,1H3/t7-,8+/m0/s1. The van der Waals surface area contributed by atoms with Crippen LogP contribution in [0.5, 0.6) is 0 Å². The van der Waals surface area contributed by atoms with E-state index in [0.29, 0.717) is 11.8 Å². The number of hydrogen-bond acceptors (Lipinski definition) is 3. The molecular formula is C9H13N3. The highest BCUT2D eigenvalue weighted by atomic mass is 14.8. The molecule has 0 saturated heterocycles. The average Bonchev–Trinajstić information content (AvgIpc) is 2.85. The topological polar surface area (TPSA) is 51.8 Å². The lowest BCUT2D eigenvalue weighted by molar-refractivity contribution is 0.792. The molecule has 0 aliphatic heterocycles. The van der Waals surface area contributed by atoms with Crippen molar-refractivity contribution in [3.05, 3.63) is 23.8 Å². The van der Waals surface area contributed by atoms with Crippen molar-refractivity contribution in [2.75, 3.05) is 6.54 Å². The molecule has 0 aromatic carbocycles. The van der Waals surface area contributed by atoms with Crippen molar-refractivity contribution < 1.29 is 0 Å². The van der Waals surface area contributed by atoms with E-state index in [-0.39, 0.29) is 0 Å². The number of nitrogens with two attached hydrogens (primary N) is 1. The van der Waals surface area contributed by atoms with Gasteiger partial charge < -0.3 is 5.73 Å². The summed E-state index contributed by atoms with van der Waals surface area (Å²) in [6.07, 6.45) is 4.88. The molecule has 0 radical (unpaired) electrons. The second kappa shape index (κ2) is 2.83. The maximum atomic E-state index is 5.54. The molecule has 0 amide bonds. The van der Waals surface area contributed by atoms with E-state index in [1.165, 1.54) is 6.42 Å². The molecule has 0 spiro atoms. The summed E-state index contributed by atoms with van der Waals surface area (Å²) in [7, 11) is 0. The molecule has 1 heterocycles. The van der Waals surface area contributed by atoms with Gasteiger partial charge in [-0.25, -0.2) is 0 Å². The van der Waals surface area contributed by atoms with E-state index in [9.17, 15) is 0 Å². The van der Waals surface area contributed by atoms with Gasteiger partial charge in [0.2, 0.25) is 0 Å². The van der Waals surface area contributed by atoms with Crippen LogP contribution in [0.1, 0.15) is 23.7 Å². The van der Waals surface area contributed by atoms with Gasteiger partial charge in [-0.1, -0.05) is 0 Å². The highest BCUT2D eigenvalue weighted by Gasteiger charge is 2.38. The zero-order chi connectivity index (χ0) is 8.55. The van der Waals surface area contributed by atoms with Crippen LogP contribution in [0.15, 0.2) is 12.4 Å². The zero-order valence-corrected chi connectivity index (χ0v) is 7.20. The van der Waals surface area contributed by atoms with E-state index < -0.39 is 0 Å². The molecule has 2 rings (SSSR count). The summed E-state index contributed by atoms with van der Waals surface area (Å²) in [6.45, 7) is 2.73. The van der Waals surface area contributed by atoms with Crippen molar-refractivity contribution in [1.82, 2.24) is 9.97 Å². The van der Waals surface area contributed by atoms with Crippen molar-refractivity contribution in [2.45, 2.75) is 19.3 Å². The molecule has 1 saturated carbocycles. The minimum Gasteiger partial charge on any atom is -0.330 e. The van der Waals surface area contributed by atoms with Crippen LogP contribution in [0.3, 0.4) is 0 Å². The largest absolute Gasteiger partial charge is 0.330 e. The number of hydrogen-bond donors (Lipinski definition) is 1. The molecule has 64 valence electrons. The van der Waals surface area contributed by atoms with Gasteiger partial charge in [0.15, 0.2) is 0 Å². The predicted octanol–water partition coefficient (Wildman–Crippen LogP) is 0.847. The van der Waals surface area contributed by atoms with Crippen LogP contribution in [0, 0.1) is 12.8 Å². The van der Waals surface area contributed by atoms with Gasteiger partial charge in [-0.15, -0.1) is 0 Å². The summed E-state index contributed by atoms with van der Waals surface area (Å²) in [5, 5.41) is 0. The molecule has 1 aliphatic carbocycles. The Hall–Kier alpha value is -0.960. The molecule has 12 heavy (non-hydrogen) atoms. The second-order valence-corrected chi connectivity index (χ2v) is 3.42. The summed E-state index contributed by atoms with van der Waals surface area (Å²) >= 11 is 0. The second-order valence-electron chi connectivity index (χ2n) is 3.42. The van der Waals surface area contributed by atoms with E-state index in [4.69, 9.17) is 5.73 Å². The van der Waals surface area contributed by atoms with Gasteiger partial charge in [-0.3, -0.25) is 9.97 Å². The molecular weight excluding hydrogens is 150 g/mol. The minimum absolute atomic E-state index is 0.586. The van der Waals surface area contributed by atoms with Crippen LogP contribution in [-0.4, -0.2) is 16.5 Å². The van der Waals surface area contributed by atoms with Crippen molar-refractivity contribution in [2.24, 2.45) is 11.7 Å². The first kappa shape index (κ1) is 7.68. The van der Waals surface area contributed by atoms with Gasteiger partial charge in [0.05, 0.1) is 11.4 Å². The molecule has 1 aliphatic rings. The minimum atomic E-state index is 0.586. The lowest BCUT2D eigenvalue weighted by atomic mass is 10.2. The highest BCUT2D eigenvalue weighted by Crippen LogP contribution is 2.45. The third-order valence-electron chi connectivity index (χ3n) is 2.41. The quantitative estimate of drug-likeness (QED) is 0.703. The van der Waals surface area contributed by atoms with E-state index in [1.807, 2.05) is 19.3 Å². The summed E-state index contributed by atoms with van der Waals surface area (Å²) in [5.74, 6) is 1.24. The normalized spacial score (nSPS) is 27.2. The Bertz CT molecular complexity index is 268. The van der Waals surface area contributed by atoms with Crippen molar-refractivity contribution in [3.63, 3.8) is 0 Å². The van der Waals surface area contributed by atoms with E-state index in [0.717, 1.165) is 17.9 Å². The molecule has 0 unspecified atom stereocenters. The maximum Gasteiger partial charge on any atom is 0.0621 e. The Morgan fingerprint density at radius 2 is 2.33 bits per heavy atom. The summed E-state index contributed by atoms with van der Waals surface area (Å²) in [6, 6.07) is 0. The molecule has 2 N–H and O–H groups in total. The molecule has 1 aromatic heterocycles. The molecule has 3 heteroatoms. The van der Waals surface area contributed by atoms with E-state index >= 15 is 0 Å². The summed E-state index contributed by atoms with van der Waals surface area (Å²) in [5.41, 5.74) is 7.63. The van der Waals surface area contributed by atoms with Gasteiger partial charge in [-0.2, -0.15) is 0 Å². The Labute approximate surface area is 72.0 Å². The Morgan fingerprint density at radius 1 is 1.50 bits per heavy atom. The Kier molecular flexibility index (Phi) is 1.81. The maximum absolute atomic E-state index is 5.54. The fourth-order valence-corrected chi connectivity index (χ4v) is 1.46. The van der Waals surface area contributed by atoms with Crippen molar-refractivity contribution in [1.29, 1.82) is 0 Å². The smallest absolute Gasteiger partial charge is 0.0621 e. The predicted molar refractivity (Wildman–Crippen MR) is 46.7 cm³/mol. The fraction of sp³-hybridized carbons (Fsp3) is 0.556. The Balaban J connectivity index is 2.10. The van der Waals surface area contributed by atoms with Crippen molar-refractivity contribution >= 4 is 0 Å². The first-order valence-electron chi connectivity index (χ1n) is 4.30. The SMILES string of the molecule is Cc1cnc([C@@H]2C[C@H]2CN)cn1. The highest BCUT2D eigenvalue weighted by molar-refractivity contribution is 5.15. The third-order valence-corrected chi connectivity index (χ3v) is 2.41. The zero-order valence-electron chi connectivity index (χ0n) is 7.20. The van der Waals surface area contributed by atoms with Crippen LogP contribution in [0.4, 0.5) is 0 Å². The Morgan fingerprint density at radius 3 is 2.83 bits per heavy atom. The number of nitrogens with zero attached hydrogens (tertiary/aromatic N) is 2. The van der Waals surface area contributed by atoms with Crippen LogP contribution in [0.2, 0.25) is 0 Å². The molecule has 2 atom stereocenters. The van der Waals surface area contributed by atoms with Gasteiger partial charge in [0.25, 0.3) is 0 Å². The van der Waals surface area contributed by atoms with Crippen molar-refractivity contribution in [3.8, 4) is 0 Å². The number of aromatic nitrogens is 2. The van der Waals surface area contributed by atoms with Crippen LogP contribution >= 0.6 is 0 Å².